The van der Waals surface area contributed by atoms with Gasteiger partial charge < -0.3 is 4.74 Å². The van der Waals surface area contributed by atoms with Crippen LogP contribution in [0, 0.1) is 0 Å². The van der Waals surface area contributed by atoms with Crippen LogP contribution in [0.15, 0.2) is 36.4 Å². The highest BCUT2D eigenvalue weighted by atomic mass is 16.5. The number of benzene rings is 1. The van der Waals surface area contributed by atoms with Crippen LogP contribution in [0.25, 0.3) is 11.3 Å². The van der Waals surface area contributed by atoms with E-state index in [2.05, 4.69) is 42.2 Å². The molecule has 0 bridgehead atoms. The number of hydrogen-bond donors (Lipinski definition) is 0. The topological polar surface area (TPSA) is 35.0 Å². The Morgan fingerprint density at radius 3 is 2.23 bits per heavy atom. The van der Waals surface area contributed by atoms with Gasteiger partial charge in [-0.05, 0) is 43.5 Å². The number of aromatic nitrogens is 2. The van der Waals surface area contributed by atoms with Crippen LogP contribution in [0.2, 0.25) is 0 Å². The molecule has 0 N–H and O–H groups in total. The molecule has 0 fully saturated rings. The van der Waals surface area contributed by atoms with Gasteiger partial charge in [-0.3, -0.25) is 0 Å². The molecular formula is C23H34N2O. The summed E-state index contributed by atoms with van der Waals surface area (Å²) in [5.41, 5.74) is 3.00. The molecule has 0 radical (unpaired) electrons. The van der Waals surface area contributed by atoms with E-state index in [9.17, 15) is 0 Å². The minimum atomic E-state index is 0.770. The molecule has 0 aliphatic carbocycles. The molecule has 1 heterocycles. The summed E-state index contributed by atoms with van der Waals surface area (Å²) in [6, 6.07) is 12.3. The number of aryl methyl sites for hydroxylation is 1. The maximum atomic E-state index is 6.04. The monoisotopic (exact) mass is 354 g/mol. The molecule has 3 nitrogen and oxygen atoms in total. The zero-order valence-corrected chi connectivity index (χ0v) is 16.5. The van der Waals surface area contributed by atoms with Crippen molar-refractivity contribution in [2.45, 2.75) is 78.1 Å². The fourth-order valence-corrected chi connectivity index (χ4v) is 3.06. The van der Waals surface area contributed by atoms with Gasteiger partial charge >= 0.3 is 0 Å². The molecule has 142 valence electrons. The van der Waals surface area contributed by atoms with Crippen molar-refractivity contribution in [2.24, 2.45) is 0 Å². The van der Waals surface area contributed by atoms with Crippen molar-refractivity contribution in [1.29, 1.82) is 0 Å². The lowest BCUT2D eigenvalue weighted by Gasteiger charge is -2.11. The van der Waals surface area contributed by atoms with E-state index in [1.807, 2.05) is 18.2 Å². The maximum Gasteiger partial charge on any atom is 0.128 e. The van der Waals surface area contributed by atoms with Crippen molar-refractivity contribution < 1.29 is 4.74 Å². The third-order valence-corrected chi connectivity index (χ3v) is 4.67. The zero-order chi connectivity index (χ0) is 18.5. The number of ether oxygens (including phenoxy) is 1. The van der Waals surface area contributed by atoms with Crippen molar-refractivity contribution in [2.75, 3.05) is 6.61 Å². The normalized spacial score (nSPS) is 10.8. The third kappa shape index (κ3) is 7.15. The molecule has 0 spiro atoms. The van der Waals surface area contributed by atoms with Crippen LogP contribution in [0.3, 0.4) is 0 Å². The summed E-state index contributed by atoms with van der Waals surface area (Å²) in [6.45, 7) is 5.24. The fourth-order valence-electron chi connectivity index (χ4n) is 3.06. The SMILES string of the molecule is CCCCCCCCOc1ccccc1-c1ccc(CCCCC)nn1. The Morgan fingerprint density at radius 1 is 0.731 bits per heavy atom. The van der Waals surface area contributed by atoms with Crippen LogP contribution >= 0.6 is 0 Å². The van der Waals surface area contributed by atoms with Crippen molar-refractivity contribution in [3.8, 4) is 17.0 Å². The summed E-state index contributed by atoms with van der Waals surface area (Å²) >= 11 is 0. The van der Waals surface area contributed by atoms with Crippen LogP contribution in [0.4, 0.5) is 0 Å². The van der Waals surface area contributed by atoms with Gasteiger partial charge in [-0.1, -0.05) is 70.9 Å². The van der Waals surface area contributed by atoms with Crippen molar-refractivity contribution in [3.63, 3.8) is 0 Å². The molecule has 0 aliphatic rings. The number of unbranched alkanes of at least 4 members (excludes halogenated alkanes) is 7. The first kappa shape index (κ1) is 20.4. The van der Waals surface area contributed by atoms with E-state index < -0.39 is 0 Å². The van der Waals surface area contributed by atoms with Gasteiger partial charge in [0.1, 0.15) is 5.75 Å². The molecule has 1 aromatic heterocycles. The Morgan fingerprint density at radius 2 is 1.46 bits per heavy atom. The molecule has 0 saturated heterocycles. The largest absolute Gasteiger partial charge is 0.493 e. The lowest BCUT2D eigenvalue weighted by atomic mass is 10.1. The van der Waals surface area contributed by atoms with Gasteiger partial charge in [0.25, 0.3) is 0 Å². The summed E-state index contributed by atoms with van der Waals surface area (Å²) in [7, 11) is 0. The first-order valence-electron chi connectivity index (χ1n) is 10.4. The second-order valence-electron chi connectivity index (χ2n) is 6.98. The molecule has 1 aromatic carbocycles. The average Bonchev–Trinajstić information content (AvgIpc) is 2.68. The average molecular weight is 355 g/mol. The van der Waals surface area contributed by atoms with Crippen LogP contribution < -0.4 is 4.74 Å². The second kappa shape index (κ2) is 12.5. The Hall–Kier alpha value is -1.90. The molecule has 26 heavy (non-hydrogen) atoms. The highest BCUT2D eigenvalue weighted by Crippen LogP contribution is 2.28. The standard InChI is InChI=1S/C23H34N2O/c1-3-5-7-8-9-13-19-26-23-16-12-11-15-21(23)22-18-17-20(24-25-22)14-10-6-4-2/h11-12,15-18H,3-10,13-14,19H2,1-2H3. The van der Waals surface area contributed by atoms with E-state index in [0.29, 0.717) is 0 Å². The van der Waals surface area contributed by atoms with Crippen LogP contribution in [-0.4, -0.2) is 16.8 Å². The van der Waals surface area contributed by atoms with E-state index in [0.717, 1.165) is 42.1 Å². The number of para-hydroxylation sites is 1. The lowest BCUT2D eigenvalue weighted by molar-refractivity contribution is 0.305. The zero-order valence-electron chi connectivity index (χ0n) is 16.5. The van der Waals surface area contributed by atoms with Crippen LogP contribution in [0.1, 0.15) is 77.3 Å². The van der Waals surface area contributed by atoms with Crippen LogP contribution in [-0.2, 0) is 6.42 Å². The Balaban J connectivity index is 1.87. The Bertz CT molecular complexity index is 610. The second-order valence-corrected chi connectivity index (χ2v) is 6.98. The van der Waals surface area contributed by atoms with Gasteiger partial charge in [-0.25, -0.2) is 0 Å². The fraction of sp³-hybridized carbons (Fsp3) is 0.565. The summed E-state index contributed by atoms with van der Waals surface area (Å²) in [6.07, 6.45) is 12.3. The van der Waals surface area contributed by atoms with E-state index in [1.165, 1.54) is 51.4 Å². The smallest absolute Gasteiger partial charge is 0.128 e. The molecule has 0 amide bonds. The van der Waals surface area contributed by atoms with Crippen molar-refractivity contribution in [1.82, 2.24) is 10.2 Å². The molecule has 2 aromatic rings. The molecule has 3 heteroatoms. The van der Waals surface area contributed by atoms with E-state index in [4.69, 9.17) is 4.74 Å². The van der Waals surface area contributed by atoms with E-state index >= 15 is 0 Å². The van der Waals surface area contributed by atoms with E-state index in [-0.39, 0.29) is 0 Å². The maximum absolute atomic E-state index is 6.04. The first-order chi connectivity index (χ1) is 12.8. The number of hydrogen-bond acceptors (Lipinski definition) is 3. The van der Waals surface area contributed by atoms with Gasteiger partial charge in [0.05, 0.1) is 18.0 Å². The highest BCUT2D eigenvalue weighted by molar-refractivity contribution is 5.66. The Kier molecular flexibility index (Phi) is 9.78. The summed E-state index contributed by atoms with van der Waals surface area (Å²) in [4.78, 5) is 0. The lowest BCUT2D eigenvalue weighted by Crippen LogP contribution is -2.00. The molecule has 0 unspecified atom stereocenters. The molecular weight excluding hydrogens is 320 g/mol. The quantitative estimate of drug-likeness (QED) is 0.379. The minimum absolute atomic E-state index is 0.770. The summed E-state index contributed by atoms with van der Waals surface area (Å²) in [5.74, 6) is 0.911. The minimum Gasteiger partial charge on any atom is -0.493 e. The van der Waals surface area contributed by atoms with E-state index in [1.54, 1.807) is 0 Å². The number of rotatable bonds is 13. The summed E-state index contributed by atoms with van der Waals surface area (Å²) in [5, 5.41) is 8.84. The highest BCUT2D eigenvalue weighted by Gasteiger charge is 2.08. The molecule has 0 atom stereocenters. The van der Waals surface area contributed by atoms with Crippen molar-refractivity contribution >= 4 is 0 Å². The van der Waals surface area contributed by atoms with Gasteiger partial charge in [-0.15, -0.1) is 0 Å². The first-order valence-corrected chi connectivity index (χ1v) is 10.4. The third-order valence-electron chi connectivity index (χ3n) is 4.67. The molecule has 0 saturated carbocycles. The van der Waals surface area contributed by atoms with Gasteiger partial charge in [0.15, 0.2) is 0 Å². The molecule has 2 rings (SSSR count). The Labute approximate surface area is 159 Å². The predicted octanol–water partition coefficient (Wildman–Crippen LogP) is 6.62. The van der Waals surface area contributed by atoms with Gasteiger partial charge in [-0.2, -0.15) is 10.2 Å². The summed E-state index contributed by atoms with van der Waals surface area (Å²) < 4.78 is 6.04. The van der Waals surface area contributed by atoms with Gasteiger partial charge in [0, 0.05) is 5.56 Å². The van der Waals surface area contributed by atoms with Gasteiger partial charge in [0.2, 0.25) is 0 Å². The van der Waals surface area contributed by atoms with Crippen molar-refractivity contribution in [3.05, 3.63) is 42.1 Å². The van der Waals surface area contributed by atoms with Crippen LogP contribution in [0.5, 0.6) is 5.75 Å². The molecule has 0 aliphatic heterocycles. The number of nitrogens with zero attached hydrogens (tertiary/aromatic N) is 2. The predicted molar refractivity (Wildman–Crippen MR) is 110 cm³/mol.